The zero-order chi connectivity index (χ0) is 19.1. The molecule has 2 aromatic carbocycles. The van der Waals surface area contributed by atoms with Crippen LogP contribution in [0.2, 0.25) is 0 Å². The van der Waals surface area contributed by atoms with Crippen molar-refractivity contribution >= 4 is 11.6 Å². The molecule has 1 unspecified atom stereocenters. The molecule has 134 valence electrons. The highest BCUT2D eigenvalue weighted by molar-refractivity contribution is 5.97. The molecule has 1 amide bonds. The number of phenolic OH excluding ortho intramolecular Hbond substituents is 1. The zero-order valence-corrected chi connectivity index (χ0v) is 15.2. The fourth-order valence-corrected chi connectivity index (χ4v) is 2.46. The average molecular weight is 349 g/mol. The van der Waals surface area contributed by atoms with Crippen LogP contribution in [0, 0.1) is 18.3 Å². The molecule has 2 rings (SSSR count). The van der Waals surface area contributed by atoms with Gasteiger partial charge in [0, 0.05) is 6.20 Å². The normalized spacial score (nSPS) is 12.2. The first kappa shape index (κ1) is 19.1. The number of anilines is 1. The van der Waals surface area contributed by atoms with Crippen molar-refractivity contribution < 1.29 is 9.90 Å². The van der Waals surface area contributed by atoms with Crippen molar-refractivity contribution in [3.63, 3.8) is 0 Å². The molecule has 0 saturated carbocycles. The number of carbonyl (C=O) groups is 1. The van der Waals surface area contributed by atoms with Gasteiger partial charge in [0.2, 0.25) is 0 Å². The summed E-state index contributed by atoms with van der Waals surface area (Å²) in [6.45, 7) is 5.84. The van der Waals surface area contributed by atoms with Gasteiger partial charge in [-0.25, -0.2) is 0 Å². The number of nitrogens with one attached hydrogen (secondary N) is 2. The second-order valence-electron chi connectivity index (χ2n) is 6.13. The van der Waals surface area contributed by atoms with Gasteiger partial charge >= 0.3 is 0 Å². The Kier molecular flexibility index (Phi) is 6.40. The van der Waals surface area contributed by atoms with Crippen molar-refractivity contribution in [3.05, 3.63) is 70.9 Å². The Hall–Kier alpha value is -3.26. The third-order valence-corrected chi connectivity index (χ3v) is 4.12. The van der Waals surface area contributed by atoms with E-state index < -0.39 is 5.91 Å². The Morgan fingerprint density at radius 3 is 2.58 bits per heavy atom. The number of aromatic hydroxyl groups is 1. The molecule has 3 N–H and O–H groups in total. The minimum absolute atomic E-state index is 0.0499. The second kappa shape index (κ2) is 8.72. The molecule has 5 nitrogen and oxygen atoms in total. The van der Waals surface area contributed by atoms with Gasteiger partial charge in [0.25, 0.3) is 5.91 Å². The van der Waals surface area contributed by atoms with E-state index in [1.807, 2.05) is 44.2 Å². The van der Waals surface area contributed by atoms with Gasteiger partial charge in [-0.15, -0.1) is 0 Å². The van der Waals surface area contributed by atoms with E-state index in [1.165, 1.54) is 11.8 Å². The van der Waals surface area contributed by atoms with E-state index >= 15 is 0 Å². The van der Waals surface area contributed by atoms with E-state index in [4.69, 9.17) is 0 Å². The van der Waals surface area contributed by atoms with Crippen molar-refractivity contribution in [2.75, 3.05) is 5.32 Å². The maximum atomic E-state index is 12.3. The third kappa shape index (κ3) is 4.87. The molecule has 5 heteroatoms. The largest absolute Gasteiger partial charge is 0.506 e. The standard InChI is InChI=1S/C21H23N3O2/c1-4-16-6-8-17(9-7-16)15(3)24-21(26)18(12-22)13-23-19-11-14(2)5-10-20(19)25/h5-11,13,15,23,25H,4H2,1-3H3,(H,24,26)/b18-13-. The minimum atomic E-state index is -0.473. The third-order valence-electron chi connectivity index (χ3n) is 4.12. The van der Waals surface area contributed by atoms with E-state index in [2.05, 4.69) is 17.6 Å². The molecule has 0 aliphatic carbocycles. The lowest BCUT2D eigenvalue weighted by Gasteiger charge is -2.14. The number of amides is 1. The van der Waals surface area contributed by atoms with Crippen molar-refractivity contribution in [1.82, 2.24) is 5.32 Å². The van der Waals surface area contributed by atoms with Crippen molar-refractivity contribution in [3.8, 4) is 11.8 Å². The molecule has 0 fully saturated rings. The van der Waals surface area contributed by atoms with Crippen molar-refractivity contribution in [2.45, 2.75) is 33.2 Å². The molecule has 2 aromatic rings. The van der Waals surface area contributed by atoms with Crippen LogP contribution in [0.15, 0.2) is 54.2 Å². The smallest absolute Gasteiger partial charge is 0.263 e. The molecular formula is C21H23N3O2. The van der Waals surface area contributed by atoms with E-state index in [-0.39, 0.29) is 17.4 Å². The van der Waals surface area contributed by atoms with Gasteiger partial charge in [-0.1, -0.05) is 37.3 Å². The van der Waals surface area contributed by atoms with Crippen molar-refractivity contribution in [1.29, 1.82) is 5.26 Å². The molecule has 0 aliphatic rings. The van der Waals surface area contributed by atoms with Gasteiger partial charge in [-0.2, -0.15) is 5.26 Å². The highest BCUT2D eigenvalue weighted by Crippen LogP contribution is 2.24. The lowest BCUT2D eigenvalue weighted by Crippen LogP contribution is -2.28. The highest BCUT2D eigenvalue weighted by atomic mass is 16.3. The number of hydrogen-bond donors (Lipinski definition) is 3. The first-order chi connectivity index (χ1) is 12.4. The minimum Gasteiger partial charge on any atom is -0.506 e. The van der Waals surface area contributed by atoms with Gasteiger partial charge in [-0.05, 0) is 49.1 Å². The number of hydrogen-bond acceptors (Lipinski definition) is 4. The van der Waals surface area contributed by atoms with E-state index in [0.29, 0.717) is 5.69 Å². The summed E-state index contributed by atoms with van der Waals surface area (Å²) >= 11 is 0. The maximum Gasteiger partial charge on any atom is 0.263 e. The van der Waals surface area contributed by atoms with E-state index in [0.717, 1.165) is 17.5 Å². The quantitative estimate of drug-likeness (QED) is 0.419. The molecule has 26 heavy (non-hydrogen) atoms. The van der Waals surface area contributed by atoms with Crippen LogP contribution in [0.1, 0.15) is 36.6 Å². The SMILES string of the molecule is CCc1ccc(C(C)NC(=O)/C(C#N)=C\Nc2cc(C)ccc2O)cc1. The Balaban J connectivity index is 2.07. The second-order valence-corrected chi connectivity index (χ2v) is 6.13. The van der Waals surface area contributed by atoms with Crippen LogP contribution in [0.5, 0.6) is 5.75 Å². The first-order valence-corrected chi connectivity index (χ1v) is 8.50. The average Bonchev–Trinajstić information content (AvgIpc) is 2.64. The topological polar surface area (TPSA) is 85.2 Å². The van der Waals surface area contributed by atoms with Gasteiger partial charge in [0.1, 0.15) is 17.4 Å². The molecule has 0 heterocycles. The molecule has 1 atom stereocenters. The van der Waals surface area contributed by atoms with Crippen LogP contribution in [-0.2, 0) is 11.2 Å². The Morgan fingerprint density at radius 2 is 1.96 bits per heavy atom. The van der Waals surface area contributed by atoms with Crippen LogP contribution in [-0.4, -0.2) is 11.0 Å². The molecular weight excluding hydrogens is 326 g/mol. The lowest BCUT2D eigenvalue weighted by molar-refractivity contribution is -0.117. The Labute approximate surface area is 154 Å². The number of carbonyl (C=O) groups excluding carboxylic acids is 1. The van der Waals surface area contributed by atoms with Crippen LogP contribution in [0.4, 0.5) is 5.69 Å². The number of nitrogens with zero attached hydrogens (tertiary/aromatic N) is 1. The van der Waals surface area contributed by atoms with Gasteiger partial charge in [0.05, 0.1) is 11.7 Å². The molecule has 0 bridgehead atoms. The fourth-order valence-electron chi connectivity index (χ4n) is 2.46. The molecule has 0 spiro atoms. The monoisotopic (exact) mass is 349 g/mol. The van der Waals surface area contributed by atoms with Crippen molar-refractivity contribution in [2.24, 2.45) is 0 Å². The van der Waals surface area contributed by atoms with E-state index in [1.54, 1.807) is 18.2 Å². The van der Waals surface area contributed by atoms with E-state index in [9.17, 15) is 15.2 Å². The Bertz CT molecular complexity index is 849. The predicted molar refractivity (Wildman–Crippen MR) is 103 cm³/mol. The van der Waals surface area contributed by atoms with Gasteiger partial charge in [-0.3, -0.25) is 4.79 Å². The number of phenols is 1. The predicted octanol–water partition coefficient (Wildman–Crippen LogP) is 3.96. The van der Waals surface area contributed by atoms with Gasteiger partial charge < -0.3 is 15.7 Å². The van der Waals surface area contributed by atoms with Crippen LogP contribution in [0.3, 0.4) is 0 Å². The summed E-state index contributed by atoms with van der Waals surface area (Å²) in [6, 6.07) is 14.7. The highest BCUT2D eigenvalue weighted by Gasteiger charge is 2.14. The molecule has 0 aliphatic heterocycles. The summed E-state index contributed by atoms with van der Waals surface area (Å²) in [5.74, 6) is -0.423. The van der Waals surface area contributed by atoms with Crippen LogP contribution in [0.25, 0.3) is 0 Å². The number of nitriles is 1. The first-order valence-electron chi connectivity index (χ1n) is 8.50. The summed E-state index contributed by atoms with van der Waals surface area (Å²) in [7, 11) is 0. The molecule has 0 radical (unpaired) electrons. The number of benzene rings is 2. The molecule has 0 saturated heterocycles. The summed E-state index contributed by atoms with van der Waals surface area (Å²) in [4.78, 5) is 12.3. The van der Waals surface area contributed by atoms with Crippen LogP contribution >= 0.6 is 0 Å². The molecule has 0 aromatic heterocycles. The fraction of sp³-hybridized carbons (Fsp3) is 0.238. The number of aryl methyl sites for hydroxylation is 2. The summed E-state index contributed by atoms with van der Waals surface area (Å²) in [6.07, 6.45) is 2.26. The summed E-state index contributed by atoms with van der Waals surface area (Å²) in [5.41, 5.74) is 3.52. The Morgan fingerprint density at radius 1 is 1.27 bits per heavy atom. The van der Waals surface area contributed by atoms with Gasteiger partial charge in [0.15, 0.2) is 0 Å². The van der Waals surface area contributed by atoms with Crippen LogP contribution < -0.4 is 10.6 Å². The summed E-state index contributed by atoms with van der Waals surface area (Å²) in [5, 5.41) is 24.7. The number of rotatable bonds is 6. The zero-order valence-electron chi connectivity index (χ0n) is 15.2. The maximum absolute atomic E-state index is 12.3. The summed E-state index contributed by atoms with van der Waals surface area (Å²) < 4.78 is 0. The lowest BCUT2D eigenvalue weighted by atomic mass is 10.0.